The van der Waals surface area contributed by atoms with Gasteiger partial charge in [0.25, 0.3) is 5.91 Å². The number of benzene rings is 1. The molecule has 116 valence electrons. The molecule has 0 bridgehead atoms. The summed E-state index contributed by atoms with van der Waals surface area (Å²) in [6, 6.07) is 2.43. The fraction of sp³-hybridized carbons (Fsp3) is 0.500. The van der Waals surface area contributed by atoms with Gasteiger partial charge in [-0.2, -0.15) is 13.2 Å². The molecule has 3 nitrogen and oxygen atoms in total. The largest absolute Gasteiger partial charge is 0.419 e. The molecule has 1 aromatic rings. The molecule has 0 spiro atoms. The quantitative estimate of drug-likeness (QED) is 0.873. The average Bonchev–Trinajstić information content (AvgIpc) is 2.35. The van der Waals surface area contributed by atoms with Gasteiger partial charge in [-0.05, 0) is 37.0 Å². The second-order valence-electron chi connectivity index (χ2n) is 5.48. The van der Waals surface area contributed by atoms with Crippen LogP contribution in [-0.2, 0) is 6.18 Å². The Kier molecular flexibility index (Phi) is 4.22. The fourth-order valence-electron chi connectivity index (χ4n) is 2.50. The molecule has 0 heterocycles. The number of carbonyl (C=O) groups is 1. The normalized spacial score (nSPS) is 21.8. The second-order valence-corrected chi connectivity index (χ2v) is 5.48. The van der Waals surface area contributed by atoms with E-state index in [1.54, 1.807) is 0 Å². The predicted molar refractivity (Wildman–Crippen MR) is 69.1 cm³/mol. The number of alkyl halides is 3. The van der Waals surface area contributed by atoms with Gasteiger partial charge >= 0.3 is 6.18 Å². The third kappa shape index (κ3) is 3.53. The minimum atomic E-state index is -4.82. The first kappa shape index (κ1) is 15.8. The van der Waals surface area contributed by atoms with Crippen LogP contribution in [0.4, 0.5) is 17.6 Å². The molecule has 2 rings (SSSR count). The molecule has 1 amide bonds. The monoisotopic (exact) mass is 304 g/mol. The van der Waals surface area contributed by atoms with Crippen LogP contribution in [-0.4, -0.2) is 30.4 Å². The maximum atomic E-state index is 13.2. The molecule has 1 aliphatic carbocycles. The fourth-order valence-corrected chi connectivity index (χ4v) is 2.50. The van der Waals surface area contributed by atoms with E-state index in [1.165, 1.54) is 11.9 Å². The van der Waals surface area contributed by atoms with Gasteiger partial charge in [0.1, 0.15) is 5.82 Å². The molecular formula is C14H16F4N2O. The number of carbonyl (C=O) groups excluding carboxylic acids is 1. The lowest BCUT2D eigenvalue weighted by molar-refractivity contribution is -0.140. The van der Waals surface area contributed by atoms with Gasteiger partial charge < -0.3 is 10.6 Å². The summed E-state index contributed by atoms with van der Waals surface area (Å²) in [4.78, 5) is 13.4. The molecule has 1 fully saturated rings. The lowest BCUT2D eigenvalue weighted by atomic mass is 9.80. The molecule has 0 unspecified atom stereocenters. The Labute approximate surface area is 119 Å². The van der Waals surface area contributed by atoms with Crippen molar-refractivity contribution in [3.8, 4) is 0 Å². The van der Waals surface area contributed by atoms with E-state index in [-0.39, 0.29) is 17.5 Å². The van der Waals surface area contributed by atoms with Crippen LogP contribution in [0.25, 0.3) is 0 Å². The number of nitrogens with two attached hydrogens (primary N) is 1. The van der Waals surface area contributed by atoms with Crippen LogP contribution in [0.15, 0.2) is 18.2 Å². The van der Waals surface area contributed by atoms with Crippen molar-refractivity contribution in [2.75, 3.05) is 13.6 Å². The van der Waals surface area contributed by atoms with Crippen molar-refractivity contribution in [1.29, 1.82) is 0 Å². The van der Waals surface area contributed by atoms with Crippen LogP contribution in [0.5, 0.6) is 0 Å². The third-order valence-corrected chi connectivity index (χ3v) is 3.67. The minimum absolute atomic E-state index is 0.140. The van der Waals surface area contributed by atoms with Crippen molar-refractivity contribution < 1.29 is 22.4 Å². The van der Waals surface area contributed by atoms with Crippen LogP contribution >= 0.6 is 0 Å². The Morgan fingerprint density at radius 1 is 1.38 bits per heavy atom. The highest BCUT2D eigenvalue weighted by atomic mass is 19.4. The summed E-state index contributed by atoms with van der Waals surface area (Å²) in [7, 11) is 1.52. The first-order chi connectivity index (χ1) is 9.68. The van der Waals surface area contributed by atoms with E-state index in [1.807, 2.05) is 0 Å². The molecule has 0 radical (unpaired) electrons. The highest BCUT2D eigenvalue weighted by Crippen LogP contribution is 2.32. The molecule has 0 saturated heterocycles. The average molecular weight is 304 g/mol. The van der Waals surface area contributed by atoms with Crippen LogP contribution in [0.2, 0.25) is 0 Å². The highest BCUT2D eigenvalue weighted by Gasteiger charge is 2.35. The van der Waals surface area contributed by atoms with Crippen molar-refractivity contribution in [3.63, 3.8) is 0 Å². The van der Waals surface area contributed by atoms with Gasteiger partial charge in [0, 0.05) is 25.2 Å². The van der Waals surface area contributed by atoms with Gasteiger partial charge in [-0.1, -0.05) is 0 Å². The number of halogens is 4. The summed E-state index contributed by atoms with van der Waals surface area (Å²) in [5, 5.41) is 0. The van der Waals surface area contributed by atoms with Crippen molar-refractivity contribution in [2.24, 2.45) is 11.7 Å². The Morgan fingerprint density at radius 3 is 2.52 bits per heavy atom. The van der Waals surface area contributed by atoms with Crippen molar-refractivity contribution in [1.82, 2.24) is 4.90 Å². The van der Waals surface area contributed by atoms with Gasteiger partial charge in [0.05, 0.1) is 5.56 Å². The molecule has 0 atom stereocenters. The lowest BCUT2D eigenvalue weighted by Gasteiger charge is -2.35. The number of nitrogens with zero attached hydrogens (tertiary/aromatic N) is 1. The van der Waals surface area contributed by atoms with E-state index in [9.17, 15) is 22.4 Å². The summed E-state index contributed by atoms with van der Waals surface area (Å²) in [6.45, 7) is 0.436. The minimum Gasteiger partial charge on any atom is -0.341 e. The summed E-state index contributed by atoms with van der Waals surface area (Å²) >= 11 is 0. The molecule has 0 aromatic heterocycles. The first-order valence-corrected chi connectivity index (χ1v) is 6.56. The first-order valence-electron chi connectivity index (χ1n) is 6.56. The molecule has 7 heteroatoms. The Morgan fingerprint density at radius 2 is 2.00 bits per heavy atom. The van der Waals surface area contributed by atoms with Crippen molar-refractivity contribution in [2.45, 2.75) is 25.1 Å². The van der Waals surface area contributed by atoms with Gasteiger partial charge in [-0.15, -0.1) is 0 Å². The number of hydrogen-bond donors (Lipinski definition) is 1. The lowest BCUT2D eigenvalue weighted by Crippen LogP contribution is -2.43. The molecule has 1 aliphatic rings. The second kappa shape index (κ2) is 5.63. The zero-order valence-corrected chi connectivity index (χ0v) is 11.5. The summed E-state index contributed by atoms with van der Waals surface area (Å²) in [5.41, 5.74) is 4.05. The zero-order valence-electron chi connectivity index (χ0n) is 11.5. The Balaban J connectivity index is 2.12. The van der Waals surface area contributed by atoms with E-state index in [4.69, 9.17) is 5.73 Å². The van der Waals surface area contributed by atoms with Gasteiger partial charge in [-0.3, -0.25) is 4.79 Å². The maximum absolute atomic E-state index is 13.2. The third-order valence-electron chi connectivity index (χ3n) is 3.67. The van der Waals surface area contributed by atoms with Crippen LogP contribution in [0, 0.1) is 11.7 Å². The molecule has 2 N–H and O–H groups in total. The summed E-state index contributed by atoms with van der Waals surface area (Å²) in [5.74, 6) is -1.66. The summed E-state index contributed by atoms with van der Waals surface area (Å²) in [6.07, 6.45) is -3.22. The van der Waals surface area contributed by atoms with Crippen molar-refractivity contribution in [3.05, 3.63) is 35.1 Å². The molecule has 1 aromatic carbocycles. The van der Waals surface area contributed by atoms with E-state index in [2.05, 4.69) is 0 Å². The van der Waals surface area contributed by atoms with Gasteiger partial charge in [-0.25, -0.2) is 4.39 Å². The molecular weight excluding hydrogens is 288 g/mol. The van der Waals surface area contributed by atoms with E-state index >= 15 is 0 Å². The smallest absolute Gasteiger partial charge is 0.341 e. The molecule has 1 saturated carbocycles. The standard InChI is InChI=1S/C14H16F4N2O/c1-20(7-8-4-10(19)5-8)13(21)9-2-3-12(15)11(6-9)14(16,17)18/h2-3,6,8,10H,4-5,7,19H2,1H3. The van der Waals surface area contributed by atoms with Crippen LogP contribution in [0.1, 0.15) is 28.8 Å². The topological polar surface area (TPSA) is 46.3 Å². The summed E-state index contributed by atoms with van der Waals surface area (Å²) < 4.78 is 51.1. The predicted octanol–water partition coefficient (Wildman–Crippen LogP) is 2.65. The number of rotatable bonds is 3. The van der Waals surface area contributed by atoms with Crippen LogP contribution in [0.3, 0.4) is 0 Å². The SMILES string of the molecule is CN(CC1CC(N)C1)C(=O)c1ccc(F)c(C(F)(F)F)c1. The van der Waals surface area contributed by atoms with E-state index in [0.717, 1.165) is 18.9 Å². The number of hydrogen-bond acceptors (Lipinski definition) is 2. The van der Waals surface area contributed by atoms with Gasteiger partial charge in [0.2, 0.25) is 0 Å². The van der Waals surface area contributed by atoms with Gasteiger partial charge in [0.15, 0.2) is 0 Å². The number of amides is 1. The van der Waals surface area contributed by atoms with E-state index < -0.39 is 23.5 Å². The zero-order chi connectivity index (χ0) is 15.8. The van der Waals surface area contributed by atoms with Crippen LogP contribution < -0.4 is 5.73 Å². The van der Waals surface area contributed by atoms with Crippen molar-refractivity contribution >= 4 is 5.91 Å². The molecule has 21 heavy (non-hydrogen) atoms. The molecule has 0 aliphatic heterocycles. The highest BCUT2D eigenvalue weighted by molar-refractivity contribution is 5.94. The Hall–Kier alpha value is -1.63. The van der Waals surface area contributed by atoms with E-state index in [0.29, 0.717) is 18.7 Å². The maximum Gasteiger partial charge on any atom is 0.419 e. The Bertz CT molecular complexity index is 538.